The van der Waals surface area contributed by atoms with Crippen LogP contribution in [-0.4, -0.2) is 40.7 Å². The number of carbonyl (C=O) groups excluding carboxylic acids is 2. The largest absolute Gasteiger partial charge is 0.416 e. The van der Waals surface area contributed by atoms with Gasteiger partial charge < -0.3 is 15.2 Å². The fraction of sp³-hybridized carbons (Fsp3) is 0.263. The summed E-state index contributed by atoms with van der Waals surface area (Å²) in [5.41, 5.74) is 1.67. The molecule has 1 saturated heterocycles. The molecule has 2 N–H and O–H groups in total. The average molecular weight is 340 g/mol. The van der Waals surface area contributed by atoms with Crippen LogP contribution in [-0.2, 0) is 4.79 Å². The van der Waals surface area contributed by atoms with Crippen LogP contribution in [0.4, 0.5) is 10.5 Å². The quantitative estimate of drug-likeness (QED) is 0.900. The maximum Gasteiger partial charge on any atom is 0.416 e. The van der Waals surface area contributed by atoms with Gasteiger partial charge in [0.2, 0.25) is 5.91 Å². The molecule has 1 heterocycles. The number of hydrogen-bond donors (Lipinski definition) is 2. The minimum atomic E-state index is -0.772. The van der Waals surface area contributed by atoms with E-state index < -0.39 is 18.2 Å². The zero-order valence-corrected chi connectivity index (χ0v) is 13.9. The molecular weight excluding hydrogens is 320 g/mol. The molecule has 6 nitrogen and oxygen atoms in total. The molecule has 6 heteroatoms. The average Bonchev–Trinajstić information content (AvgIpc) is 2.98. The second-order valence-electron chi connectivity index (χ2n) is 6.10. The first-order valence-electron chi connectivity index (χ1n) is 8.12. The number of nitrogens with one attached hydrogen (secondary N) is 1. The van der Waals surface area contributed by atoms with Gasteiger partial charge in [-0.25, -0.2) is 4.79 Å². The number of β-amino-alcohol motifs (C(OH)–C–C–N with tert-alkyl or cyclic N) is 1. The van der Waals surface area contributed by atoms with Gasteiger partial charge in [0.25, 0.3) is 0 Å². The third-order valence-corrected chi connectivity index (χ3v) is 4.05. The van der Waals surface area contributed by atoms with Gasteiger partial charge in [-0.1, -0.05) is 30.3 Å². The van der Waals surface area contributed by atoms with Crippen LogP contribution < -0.4 is 10.1 Å². The molecule has 0 aliphatic carbocycles. The maximum absolute atomic E-state index is 12.6. The first kappa shape index (κ1) is 17.0. The molecule has 1 fully saturated rings. The summed E-state index contributed by atoms with van der Waals surface area (Å²) in [5, 5.41) is 12.7. The minimum Gasteiger partial charge on any atom is -0.410 e. The van der Waals surface area contributed by atoms with Gasteiger partial charge in [0.05, 0.1) is 12.6 Å². The third-order valence-electron chi connectivity index (χ3n) is 4.05. The third kappa shape index (κ3) is 4.16. The van der Waals surface area contributed by atoms with Gasteiger partial charge in [-0.3, -0.25) is 9.69 Å². The number of aryl methyl sites for hydroxylation is 1. The molecule has 0 spiro atoms. The number of nitrogens with zero attached hydrogens (tertiary/aromatic N) is 1. The molecule has 0 saturated carbocycles. The Morgan fingerprint density at radius 2 is 1.92 bits per heavy atom. The SMILES string of the molecule is Cc1cccc(NC(=O)[C@@H]2C[C@H](O)CN2C(=O)Oc2ccccc2)c1. The fourth-order valence-electron chi connectivity index (χ4n) is 2.86. The van der Waals surface area contributed by atoms with Crippen molar-refractivity contribution < 1.29 is 19.4 Å². The summed E-state index contributed by atoms with van der Waals surface area (Å²) < 4.78 is 5.29. The van der Waals surface area contributed by atoms with Crippen LogP contribution in [0.3, 0.4) is 0 Å². The predicted molar refractivity (Wildman–Crippen MR) is 93.4 cm³/mol. The smallest absolute Gasteiger partial charge is 0.410 e. The molecule has 2 amide bonds. The summed E-state index contributed by atoms with van der Waals surface area (Å²) in [6.45, 7) is 2.00. The highest BCUT2D eigenvalue weighted by atomic mass is 16.6. The van der Waals surface area contributed by atoms with Crippen LogP contribution in [0.5, 0.6) is 5.75 Å². The maximum atomic E-state index is 12.6. The predicted octanol–water partition coefficient (Wildman–Crippen LogP) is 2.57. The van der Waals surface area contributed by atoms with E-state index in [4.69, 9.17) is 4.74 Å². The molecular formula is C19H20N2O4. The molecule has 0 radical (unpaired) electrons. The summed E-state index contributed by atoms with van der Waals surface area (Å²) >= 11 is 0. The molecule has 130 valence electrons. The number of aliphatic hydroxyl groups is 1. The second kappa shape index (κ2) is 7.36. The van der Waals surface area contributed by atoms with Crippen molar-refractivity contribution in [2.24, 2.45) is 0 Å². The normalized spacial score (nSPS) is 19.5. The Labute approximate surface area is 146 Å². The Morgan fingerprint density at radius 3 is 2.64 bits per heavy atom. The number of amides is 2. The van der Waals surface area contributed by atoms with Crippen LogP contribution in [0.15, 0.2) is 54.6 Å². The van der Waals surface area contributed by atoms with Crippen molar-refractivity contribution in [3.8, 4) is 5.75 Å². The number of hydrogen-bond acceptors (Lipinski definition) is 4. The van der Waals surface area contributed by atoms with E-state index in [-0.39, 0.29) is 18.9 Å². The number of aliphatic hydroxyl groups excluding tert-OH is 1. The van der Waals surface area contributed by atoms with Crippen molar-refractivity contribution >= 4 is 17.7 Å². The highest BCUT2D eigenvalue weighted by Gasteiger charge is 2.40. The number of para-hydroxylation sites is 1. The lowest BCUT2D eigenvalue weighted by Crippen LogP contribution is -2.44. The van der Waals surface area contributed by atoms with Crippen LogP contribution in [0.2, 0.25) is 0 Å². The molecule has 0 unspecified atom stereocenters. The number of benzene rings is 2. The van der Waals surface area contributed by atoms with Crippen molar-refractivity contribution in [2.45, 2.75) is 25.5 Å². The molecule has 0 aromatic heterocycles. The lowest BCUT2D eigenvalue weighted by Gasteiger charge is -2.23. The van der Waals surface area contributed by atoms with Crippen molar-refractivity contribution in [1.82, 2.24) is 4.90 Å². The molecule has 1 aliphatic heterocycles. The zero-order chi connectivity index (χ0) is 17.8. The van der Waals surface area contributed by atoms with Crippen molar-refractivity contribution in [3.63, 3.8) is 0 Å². The van der Waals surface area contributed by atoms with Gasteiger partial charge in [-0.15, -0.1) is 0 Å². The molecule has 2 atom stereocenters. The van der Waals surface area contributed by atoms with Gasteiger partial charge in [0.1, 0.15) is 11.8 Å². The van der Waals surface area contributed by atoms with E-state index in [1.165, 1.54) is 4.90 Å². The van der Waals surface area contributed by atoms with E-state index in [9.17, 15) is 14.7 Å². The topological polar surface area (TPSA) is 78.9 Å². The van der Waals surface area contributed by atoms with Gasteiger partial charge in [0, 0.05) is 12.1 Å². The molecule has 3 rings (SSSR count). The molecule has 2 aromatic carbocycles. The number of likely N-dealkylation sites (tertiary alicyclic amines) is 1. The Hall–Kier alpha value is -2.86. The van der Waals surface area contributed by atoms with Crippen LogP contribution >= 0.6 is 0 Å². The lowest BCUT2D eigenvalue weighted by molar-refractivity contribution is -0.119. The minimum absolute atomic E-state index is 0.0670. The number of rotatable bonds is 3. The molecule has 1 aliphatic rings. The standard InChI is InChI=1S/C19H20N2O4/c1-13-6-5-7-14(10-13)20-18(23)17-11-15(22)12-21(17)19(24)25-16-8-3-2-4-9-16/h2-10,15,17,22H,11-12H2,1H3,(H,20,23)/t15-,17-/m0/s1. The summed E-state index contributed by atoms with van der Waals surface area (Å²) in [4.78, 5) is 26.2. The summed E-state index contributed by atoms with van der Waals surface area (Å²) in [6.07, 6.45) is -1.22. The Kier molecular flexibility index (Phi) is 5.00. The van der Waals surface area contributed by atoms with E-state index in [1.807, 2.05) is 31.2 Å². The molecule has 2 aromatic rings. The van der Waals surface area contributed by atoms with E-state index in [0.29, 0.717) is 11.4 Å². The lowest BCUT2D eigenvalue weighted by atomic mass is 10.1. The van der Waals surface area contributed by atoms with Gasteiger partial charge in [0.15, 0.2) is 0 Å². The van der Waals surface area contributed by atoms with Crippen molar-refractivity contribution in [1.29, 1.82) is 0 Å². The first-order chi connectivity index (χ1) is 12.0. The van der Waals surface area contributed by atoms with Gasteiger partial charge in [-0.05, 0) is 36.8 Å². The van der Waals surface area contributed by atoms with Gasteiger partial charge in [-0.2, -0.15) is 0 Å². The van der Waals surface area contributed by atoms with Crippen LogP contribution in [0.25, 0.3) is 0 Å². The van der Waals surface area contributed by atoms with Crippen molar-refractivity contribution in [3.05, 3.63) is 60.2 Å². The first-order valence-corrected chi connectivity index (χ1v) is 8.12. The molecule has 0 bridgehead atoms. The van der Waals surface area contributed by atoms with E-state index >= 15 is 0 Å². The Bertz CT molecular complexity index is 763. The number of carbonyl (C=O) groups is 2. The van der Waals surface area contributed by atoms with Crippen molar-refractivity contribution in [2.75, 3.05) is 11.9 Å². The monoisotopic (exact) mass is 340 g/mol. The van der Waals surface area contributed by atoms with Crippen LogP contribution in [0.1, 0.15) is 12.0 Å². The summed E-state index contributed by atoms with van der Waals surface area (Å²) in [6, 6.07) is 15.3. The highest BCUT2D eigenvalue weighted by Crippen LogP contribution is 2.22. The molecule has 25 heavy (non-hydrogen) atoms. The summed E-state index contributed by atoms with van der Waals surface area (Å²) in [5.74, 6) is 0.0545. The Balaban J connectivity index is 1.70. The number of ether oxygens (including phenoxy) is 1. The Morgan fingerprint density at radius 1 is 1.16 bits per heavy atom. The zero-order valence-electron chi connectivity index (χ0n) is 13.9. The second-order valence-corrected chi connectivity index (χ2v) is 6.10. The highest BCUT2D eigenvalue weighted by molar-refractivity contribution is 5.97. The number of anilines is 1. The summed E-state index contributed by atoms with van der Waals surface area (Å²) in [7, 11) is 0. The fourth-order valence-corrected chi connectivity index (χ4v) is 2.86. The van der Waals surface area contributed by atoms with E-state index in [1.54, 1.807) is 30.3 Å². The van der Waals surface area contributed by atoms with Gasteiger partial charge >= 0.3 is 6.09 Å². The van der Waals surface area contributed by atoms with Crippen LogP contribution in [0, 0.1) is 6.92 Å². The van der Waals surface area contributed by atoms with E-state index in [0.717, 1.165) is 5.56 Å². The van der Waals surface area contributed by atoms with E-state index in [2.05, 4.69) is 5.32 Å².